The maximum Gasteiger partial charge on any atom is 0.408 e. The molecule has 256 valence electrons. The van der Waals surface area contributed by atoms with E-state index in [9.17, 15) is 31.5 Å². The number of hydrogen-bond acceptors (Lipinski definition) is 10. The number of imidazole rings is 1. The Morgan fingerprint density at radius 3 is 2.54 bits per heavy atom. The molecule has 2 saturated carbocycles. The van der Waals surface area contributed by atoms with Crippen molar-refractivity contribution < 1.29 is 40.6 Å². The van der Waals surface area contributed by atoms with Crippen LogP contribution in [0.15, 0.2) is 27.5 Å². The van der Waals surface area contributed by atoms with E-state index in [4.69, 9.17) is 9.05 Å². The van der Waals surface area contributed by atoms with Crippen molar-refractivity contribution in [1.82, 2.24) is 45.7 Å². The van der Waals surface area contributed by atoms with E-state index in [2.05, 4.69) is 41.2 Å². The van der Waals surface area contributed by atoms with Gasteiger partial charge in [0.1, 0.15) is 11.7 Å². The van der Waals surface area contributed by atoms with Crippen molar-refractivity contribution in [2.45, 2.75) is 101 Å². The minimum Gasteiger partial charge on any atom is -0.425 e. The quantitative estimate of drug-likeness (QED) is 0.229. The summed E-state index contributed by atoms with van der Waals surface area (Å²) < 4.78 is 81.3. The average Bonchev–Trinajstić information content (AvgIpc) is 3.37. The van der Waals surface area contributed by atoms with Crippen LogP contribution in [0, 0.1) is 11.3 Å². The smallest absolute Gasteiger partial charge is 0.408 e. The van der Waals surface area contributed by atoms with E-state index < -0.39 is 47.8 Å². The van der Waals surface area contributed by atoms with E-state index in [0.717, 1.165) is 12.8 Å². The summed E-state index contributed by atoms with van der Waals surface area (Å²) in [6, 6.07) is -1.24. The highest BCUT2D eigenvalue weighted by Gasteiger charge is 2.56. The molecule has 0 unspecified atom stereocenters. The maximum atomic E-state index is 14.1. The summed E-state index contributed by atoms with van der Waals surface area (Å²) in [6.07, 6.45) is -0.880. The van der Waals surface area contributed by atoms with Gasteiger partial charge in [0.2, 0.25) is 23.6 Å². The first-order chi connectivity index (χ1) is 22.8. The number of carbonyl (C=O) groups is 2. The van der Waals surface area contributed by atoms with Crippen LogP contribution >= 0.6 is 0 Å². The standard InChI is InChI=1S/C30H32F5N9O4/c1-2-21-40-41-22(47-21)12-28(11-19(30(33,34)35)38-27(28)46)10-15-9-20-37-18(14-44(20)36-13-15)23(17-5-7-29(31,32)8-6-17)39-26(45)25-24(16-3-4-16)42-48-43-25/h9,13-14,16-17,19,23H,2-8,10-12H2,1H3,(H,38,46)(H,39,45)/t19-,23-,28+/m0/s1. The molecule has 2 aliphatic carbocycles. The third-order valence-corrected chi connectivity index (χ3v) is 9.55. The molecule has 3 aliphatic rings. The molecule has 0 spiro atoms. The van der Waals surface area contributed by atoms with Crippen LogP contribution in [0.5, 0.6) is 0 Å². The molecule has 48 heavy (non-hydrogen) atoms. The zero-order valence-corrected chi connectivity index (χ0v) is 25.8. The molecule has 2 amide bonds. The summed E-state index contributed by atoms with van der Waals surface area (Å²) in [6.45, 7) is 1.78. The van der Waals surface area contributed by atoms with E-state index in [1.165, 1.54) is 10.7 Å². The second kappa shape index (κ2) is 11.9. The Morgan fingerprint density at radius 1 is 1.12 bits per heavy atom. The fraction of sp³-hybridized carbons (Fsp3) is 0.600. The van der Waals surface area contributed by atoms with Gasteiger partial charge in [0, 0.05) is 31.6 Å². The lowest BCUT2D eigenvalue weighted by Gasteiger charge is -2.33. The fourth-order valence-electron chi connectivity index (χ4n) is 6.79. The molecule has 2 N–H and O–H groups in total. The van der Waals surface area contributed by atoms with Crippen molar-refractivity contribution in [2.75, 3.05) is 0 Å². The van der Waals surface area contributed by atoms with Crippen LogP contribution in [0.25, 0.3) is 5.65 Å². The highest BCUT2D eigenvalue weighted by molar-refractivity contribution is 5.93. The van der Waals surface area contributed by atoms with Gasteiger partial charge in [0.25, 0.3) is 5.91 Å². The summed E-state index contributed by atoms with van der Waals surface area (Å²) >= 11 is 0. The predicted molar refractivity (Wildman–Crippen MR) is 152 cm³/mol. The SMILES string of the molecule is CCc1nnc(C[C@@]2(Cc3cnn4cc([C@@H](NC(=O)c5nonc5C5CC5)C5CCC(F)(F)CC5)nc4c3)C[C@@H](C(F)(F)F)NC2=O)o1. The Labute approximate surface area is 269 Å². The Bertz CT molecular complexity index is 1820. The molecule has 1 saturated heterocycles. The number of halogens is 5. The first-order valence-corrected chi connectivity index (χ1v) is 15.9. The highest BCUT2D eigenvalue weighted by atomic mass is 19.4. The molecule has 0 bridgehead atoms. The lowest BCUT2D eigenvalue weighted by atomic mass is 9.76. The lowest BCUT2D eigenvalue weighted by Crippen LogP contribution is -2.39. The Morgan fingerprint density at radius 2 is 1.88 bits per heavy atom. The molecule has 18 heteroatoms. The summed E-state index contributed by atoms with van der Waals surface area (Å²) in [5.74, 6) is -4.12. The Hall–Kier alpha value is -4.51. The number of nitrogens with one attached hydrogen (secondary N) is 2. The minimum absolute atomic E-state index is 0.0393. The molecule has 4 aromatic heterocycles. The molecule has 3 atom stereocenters. The first-order valence-electron chi connectivity index (χ1n) is 15.9. The van der Waals surface area contributed by atoms with Crippen molar-refractivity contribution >= 4 is 17.5 Å². The van der Waals surface area contributed by atoms with Gasteiger partial charge < -0.3 is 15.1 Å². The minimum atomic E-state index is -4.66. The van der Waals surface area contributed by atoms with Gasteiger partial charge in [-0.2, -0.15) is 18.3 Å². The number of fused-ring (bicyclic) bond motifs is 1. The van der Waals surface area contributed by atoms with Gasteiger partial charge in [-0.3, -0.25) is 9.59 Å². The molecule has 0 radical (unpaired) electrons. The Balaban J connectivity index is 1.18. The number of carbonyl (C=O) groups excluding carboxylic acids is 2. The van der Waals surface area contributed by atoms with Crippen LogP contribution in [0.3, 0.4) is 0 Å². The topological polar surface area (TPSA) is 166 Å². The number of rotatable bonds is 10. The van der Waals surface area contributed by atoms with Crippen molar-refractivity contribution in [3.63, 3.8) is 0 Å². The number of aromatic nitrogens is 7. The van der Waals surface area contributed by atoms with E-state index >= 15 is 0 Å². The third-order valence-electron chi connectivity index (χ3n) is 9.55. The number of nitrogens with zero attached hydrogens (tertiary/aromatic N) is 7. The van der Waals surface area contributed by atoms with Crippen molar-refractivity contribution in [3.05, 3.63) is 52.9 Å². The molecule has 7 rings (SSSR count). The number of amides is 2. The fourth-order valence-corrected chi connectivity index (χ4v) is 6.79. The second-order valence-corrected chi connectivity index (χ2v) is 13.1. The molecular formula is C30H32F5N9O4. The number of hydrogen-bond donors (Lipinski definition) is 2. The summed E-state index contributed by atoms with van der Waals surface area (Å²) in [7, 11) is 0. The van der Waals surface area contributed by atoms with Crippen LogP contribution in [0.1, 0.15) is 103 Å². The number of alkyl halides is 5. The molecule has 0 aromatic carbocycles. The van der Waals surface area contributed by atoms with Gasteiger partial charge in [-0.25, -0.2) is 22.9 Å². The van der Waals surface area contributed by atoms with Crippen LogP contribution < -0.4 is 10.6 Å². The van der Waals surface area contributed by atoms with Crippen LogP contribution in [0.4, 0.5) is 22.0 Å². The predicted octanol–water partition coefficient (Wildman–Crippen LogP) is 4.45. The van der Waals surface area contributed by atoms with Crippen LogP contribution in [-0.4, -0.2) is 65.1 Å². The van der Waals surface area contributed by atoms with Crippen LogP contribution in [0.2, 0.25) is 0 Å². The summed E-state index contributed by atoms with van der Waals surface area (Å²) in [5, 5.41) is 24.9. The Kier molecular flexibility index (Phi) is 7.93. The molecule has 3 fully saturated rings. The summed E-state index contributed by atoms with van der Waals surface area (Å²) in [4.78, 5) is 31.3. The normalized spacial score (nSPS) is 23.8. The number of aryl methyl sites for hydroxylation is 1. The van der Waals surface area contributed by atoms with E-state index in [1.54, 1.807) is 19.2 Å². The first kappa shape index (κ1) is 32.1. The molecule has 1 aliphatic heterocycles. The lowest BCUT2D eigenvalue weighted by molar-refractivity contribution is -0.155. The maximum absolute atomic E-state index is 14.1. The molecule has 5 heterocycles. The van der Waals surface area contributed by atoms with E-state index in [0.29, 0.717) is 29.3 Å². The van der Waals surface area contributed by atoms with Gasteiger partial charge in [0.05, 0.1) is 29.5 Å². The van der Waals surface area contributed by atoms with Crippen molar-refractivity contribution in [2.24, 2.45) is 11.3 Å². The van der Waals surface area contributed by atoms with Crippen LogP contribution in [-0.2, 0) is 24.1 Å². The second-order valence-electron chi connectivity index (χ2n) is 13.1. The largest absolute Gasteiger partial charge is 0.425 e. The zero-order chi connectivity index (χ0) is 33.8. The zero-order valence-electron chi connectivity index (χ0n) is 25.8. The molecule has 13 nitrogen and oxygen atoms in total. The van der Waals surface area contributed by atoms with Gasteiger partial charge in [0.15, 0.2) is 11.3 Å². The van der Waals surface area contributed by atoms with Gasteiger partial charge in [-0.1, -0.05) is 12.1 Å². The van der Waals surface area contributed by atoms with Gasteiger partial charge >= 0.3 is 6.18 Å². The third kappa shape index (κ3) is 6.35. The molecule has 4 aromatic rings. The van der Waals surface area contributed by atoms with E-state index in [-0.39, 0.29) is 67.6 Å². The van der Waals surface area contributed by atoms with Gasteiger partial charge in [-0.15, -0.1) is 10.2 Å². The van der Waals surface area contributed by atoms with E-state index in [1.807, 2.05) is 0 Å². The highest BCUT2D eigenvalue weighted by Crippen LogP contribution is 2.44. The molecular weight excluding hydrogens is 645 g/mol. The monoisotopic (exact) mass is 677 g/mol. The van der Waals surface area contributed by atoms with Crippen molar-refractivity contribution in [3.8, 4) is 0 Å². The summed E-state index contributed by atoms with van der Waals surface area (Å²) in [5.41, 5.74) is -0.00696. The average molecular weight is 678 g/mol. The van der Waals surface area contributed by atoms with Crippen molar-refractivity contribution in [1.29, 1.82) is 0 Å². The van der Waals surface area contributed by atoms with Gasteiger partial charge in [-0.05, 0) is 61.2 Å².